The molecule has 1 saturated carbocycles. The normalized spacial score (nSPS) is 35.9. The highest BCUT2D eigenvalue weighted by atomic mass is 16.5. The fraction of sp³-hybridized carbons (Fsp3) is 0.591. The number of methoxy groups -OCH3 is 1. The van der Waals surface area contributed by atoms with Crippen molar-refractivity contribution < 1.29 is 14.6 Å². The topological polar surface area (TPSA) is 46.5 Å². The standard InChI is InChI=1S/C22H28O3/c1-22-10-9-18-17-6-5-16(25-2)13-15(17)12-14(4-3-11-23)21(18)19(22)7-8-20(22)24/h5-8,13-14,18-19,21,23H,3-4,9-12H2,1-2H3/t14-,18-,19+,21-,22+/m1/s1. The minimum absolute atomic E-state index is 0.206. The maximum absolute atomic E-state index is 12.5. The van der Waals surface area contributed by atoms with E-state index in [0.29, 0.717) is 29.5 Å². The largest absolute Gasteiger partial charge is 0.497 e. The second-order valence-electron chi connectivity index (χ2n) is 8.28. The van der Waals surface area contributed by atoms with Crippen LogP contribution in [-0.2, 0) is 11.2 Å². The number of fused-ring (bicyclic) bond motifs is 5. The van der Waals surface area contributed by atoms with E-state index in [2.05, 4.69) is 31.2 Å². The quantitative estimate of drug-likeness (QED) is 0.904. The minimum Gasteiger partial charge on any atom is -0.497 e. The zero-order valence-corrected chi connectivity index (χ0v) is 15.2. The van der Waals surface area contributed by atoms with Gasteiger partial charge in [0.2, 0.25) is 0 Å². The van der Waals surface area contributed by atoms with Crippen molar-refractivity contribution in [3.63, 3.8) is 0 Å². The van der Waals surface area contributed by atoms with E-state index in [1.54, 1.807) is 7.11 Å². The molecule has 0 aromatic heterocycles. The van der Waals surface area contributed by atoms with Gasteiger partial charge in [-0.2, -0.15) is 0 Å². The lowest BCUT2D eigenvalue weighted by Crippen LogP contribution is -2.46. The van der Waals surface area contributed by atoms with Crippen molar-refractivity contribution in [2.75, 3.05) is 13.7 Å². The van der Waals surface area contributed by atoms with Gasteiger partial charge in [0.15, 0.2) is 5.78 Å². The van der Waals surface area contributed by atoms with Gasteiger partial charge in [0.1, 0.15) is 5.75 Å². The Morgan fingerprint density at radius 2 is 2.20 bits per heavy atom. The molecule has 0 heterocycles. The van der Waals surface area contributed by atoms with Crippen molar-refractivity contribution in [1.29, 1.82) is 0 Å². The summed E-state index contributed by atoms with van der Waals surface area (Å²) < 4.78 is 5.44. The highest BCUT2D eigenvalue weighted by molar-refractivity contribution is 5.97. The molecule has 1 aromatic rings. The van der Waals surface area contributed by atoms with E-state index >= 15 is 0 Å². The summed E-state index contributed by atoms with van der Waals surface area (Å²) in [5.41, 5.74) is 2.66. The van der Waals surface area contributed by atoms with Gasteiger partial charge in [0.25, 0.3) is 0 Å². The highest BCUT2D eigenvalue weighted by Gasteiger charge is 2.54. The molecule has 25 heavy (non-hydrogen) atoms. The Balaban J connectivity index is 1.75. The first kappa shape index (κ1) is 16.8. The number of carbonyl (C=O) groups excluding carboxylic acids is 1. The zero-order chi connectivity index (χ0) is 17.6. The molecule has 3 nitrogen and oxygen atoms in total. The van der Waals surface area contributed by atoms with Gasteiger partial charge < -0.3 is 9.84 Å². The molecule has 1 fully saturated rings. The number of rotatable bonds is 4. The fourth-order valence-corrected chi connectivity index (χ4v) is 5.80. The van der Waals surface area contributed by atoms with Crippen molar-refractivity contribution in [2.24, 2.45) is 23.2 Å². The molecule has 0 spiro atoms. The number of hydrogen-bond donors (Lipinski definition) is 1. The predicted molar refractivity (Wildman–Crippen MR) is 97.7 cm³/mol. The summed E-state index contributed by atoms with van der Waals surface area (Å²) in [4.78, 5) is 12.5. The van der Waals surface area contributed by atoms with Crippen LogP contribution in [0.2, 0.25) is 0 Å². The SMILES string of the molecule is COc1ccc2c(c1)C[C@@H](CCCO)[C@@H]1[C@@H]2CC[C@]2(C)C(=O)C=C[C@@H]12. The summed E-state index contributed by atoms with van der Waals surface area (Å²) in [5, 5.41) is 9.36. The van der Waals surface area contributed by atoms with Crippen molar-refractivity contribution in [2.45, 2.75) is 44.9 Å². The zero-order valence-electron chi connectivity index (χ0n) is 15.2. The molecule has 0 aliphatic heterocycles. The Hall–Kier alpha value is -1.61. The molecule has 1 N–H and O–H groups in total. The molecule has 1 aromatic carbocycles. The monoisotopic (exact) mass is 340 g/mol. The van der Waals surface area contributed by atoms with Crippen LogP contribution in [0.3, 0.4) is 0 Å². The Labute approximate surface area is 150 Å². The van der Waals surface area contributed by atoms with Crippen LogP contribution >= 0.6 is 0 Å². The number of benzene rings is 1. The molecule has 3 heteroatoms. The molecule has 0 amide bonds. The second-order valence-corrected chi connectivity index (χ2v) is 8.28. The Bertz CT molecular complexity index is 707. The molecule has 5 atom stereocenters. The van der Waals surface area contributed by atoms with Crippen LogP contribution in [0.25, 0.3) is 0 Å². The van der Waals surface area contributed by atoms with Crippen LogP contribution in [-0.4, -0.2) is 24.6 Å². The number of aliphatic hydroxyl groups excluding tert-OH is 1. The maximum atomic E-state index is 12.5. The highest BCUT2D eigenvalue weighted by Crippen LogP contribution is 2.59. The van der Waals surface area contributed by atoms with E-state index < -0.39 is 0 Å². The molecule has 0 radical (unpaired) electrons. The summed E-state index contributed by atoms with van der Waals surface area (Å²) in [6.07, 6.45) is 8.99. The number of ether oxygens (including phenoxy) is 1. The molecule has 3 aliphatic carbocycles. The summed E-state index contributed by atoms with van der Waals surface area (Å²) in [6, 6.07) is 6.52. The van der Waals surface area contributed by atoms with E-state index in [-0.39, 0.29) is 12.0 Å². The molecule has 3 aliphatic rings. The lowest BCUT2D eigenvalue weighted by atomic mass is 9.52. The van der Waals surface area contributed by atoms with Gasteiger partial charge in [0.05, 0.1) is 7.11 Å². The maximum Gasteiger partial charge on any atom is 0.161 e. The first-order valence-electron chi connectivity index (χ1n) is 9.59. The number of aliphatic hydroxyl groups is 1. The molecule has 0 unspecified atom stereocenters. The number of carbonyl (C=O) groups is 1. The molecule has 0 bridgehead atoms. The van der Waals surface area contributed by atoms with Gasteiger partial charge in [-0.25, -0.2) is 0 Å². The minimum atomic E-state index is -0.206. The third-order valence-corrected chi connectivity index (χ3v) is 7.12. The predicted octanol–water partition coefficient (Wildman–Crippen LogP) is 3.90. The summed E-state index contributed by atoms with van der Waals surface area (Å²) in [5.74, 6) is 3.14. The van der Waals surface area contributed by atoms with Crippen LogP contribution in [0.4, 0.5) is 0 Å². The lowest BCUT2D eigenvalue weighted by Gasteiger charge is -2.51. The average Bonchev–Trinajstić information content (AvgIpc) is 2.94. The van der Waals surface area contributed by atoms with Crippen LogP contribution in [0, 0.1) is 23.2 Å². The molecular weight excluding hydrogens is 312 g/mol. The van der Waals surface area contributed by atoms with Gasteiger partial charge in [-0.15, -0.1) is 0 Å². The Morgan fingerprint density at radius 1 is 1.36 bits per heavy atom. The Kier molecular flexibility index (Phi) is 4.23. The Morgan fingerprint density at radius 3 is 2.96 bits per heavy atom. The fourth-order valence-electron chi connectivity index (χ4n) is 5.80. The van der Waals surface area contributed by atoms with Gasteiger partial charge in [-0.05, 0) is 85.1 Å². The van der Waals surface area contributed by atoms with E-state index in [0.717, 1.165) is 37.9 Å². The van der Waals surface area contributed by atoms with E-state index in [1.807, 2.05) is 6.08 Å². The van der Waals surface area contributed by atoms with E-state index in [1.165, 1.54) is 11.1 Å². The van der Waals surface area contributed by atoms with Gasteiger partial charge in [-0.1, -0.05) is 19.1 Å². The second kappa shape index (κ2) is 6.28. The lowest BCUT2D eigenvalue weighted by molar-refractivity contribution is -0.127. The van der Waals surface area contributed by atoms with Crippen LogP contribution in [0.1, 0.15) is 49.7 Å². The average molecular weight is 340 g/mol. The van der Waals surface area contributed by atoms with Crippen molar-refractivity contribution in [3.05, 3.63) is 41.5 Å². The molecule has 134 valence electrons. The number of ketones is 1. The summed E-state index contributed by atoms with van der Waals surface area (Å²) >= 11 is 0. The van der Waals surface area contributed by atoms with Crippen LogP contribution in [0.15, 0.2) is 30.4 Å². The van der Waals surface area contributed by atoms with Crippen molar-refractivity contribution in [1.82, 2.24) is 0 Å². The van der Waals surface area contributed by atoms with Gasteiger partial charge >= 0.3 is 0 Å². The molecule has 0 saturated heterocycles. The molecular formula is C22H28O3. The number of allylic oxidation sites excluding steroid dienone is 2. The summed E-state index contributed by atoms with van der Waals surface area (Å²) in [7, 11) is 1.72. The van der Waals surface area contributed by atoms with Crippen LogP contribution < -0.4 is 4.74 Å². The van der Waals surface area contributed by atoms with E-state index in [9.17, 15) is 9.90 Å². The molecule has 4 rings (SSSR count). The van der Waals surface area contributed by atoms with Gasteiger partial charge in [0, 0.05) is 12.0 Å². The van der Waals surface area contributed by atoms with Crippen molar-refractivity contribution >= 4 is 5.78 Å². The third-order valence-electron chi connectivity index (χ3n) is 7.12. The smallest absolute Gasteiger partial charge is 0.161 e. The first-order valence-corrected chi connectivity index (χ1v) is 9.59. The first-order chi connectivity index (χ1) is 12.1. The van der Waals surface area contributed by atoms with Crippen LogP contribution in [0.5, 0.6) is 5.75 Å². The van der Waals surface area contributed by atoms with E-state index in [4.69, 9.17) is 4.74 Å². The summed E-state index contributed by atoms with van der Waals surface area (Å²) in [6.45, 7) is 2.42. The van der Waals surface area contributed by atoms with Crippen molar-refractivity contribution in [3.8, 4) is 5.75 Å². The number of hydrogen-bond acceptors (Lipinski definition) is 3. The van der Waals surface area contributed by atoms with Gasteiger partial charge in [-0.3, -0.25) is 4.79 Å². The third kappa shape index (κ3) is 2.55.